The van der Waals surface area contributed by atoms with Gasteiger partial charge in [-0.15, -0.1) is 0 Å². The topological polar surface area (TPSA) is 9.23 Å². The Morgan fingerprint density at radius 2 is 1.81 bits per heavy atom. The first kappa shape index (κ1) is 11.0. The minimum Gasteiger partial charge on any atom is -0.497 e. The third kappa shape index (κ3) is 2.05. The van der Waals surface area contributed by atoms with Crippen LogP contribution in [-0.4, -0.2) is 7.11 Å². The molecule has 0 aromatic heterocycles. The molecule has 2 aromatic carbocycles. The SMILES string of the molecule is COc1cccc(-c2c(C)cccc2Cl)c1. The van der Waals surface area contributed by atoms with E-state index >= 15 is 0 Å². The fourth-order valence-electron chi connectivity index (χ4n) is 1.78. The molecule has 0 heterocycles. The summed E-state index contributed by atoms with van der Waals surface area (Å²) in [4.78, 5) is 0. The Kier molecular flexibility index (Phi) is 3.16. The van der Waals surface area contributed by atoms with Crippen LogP contribution in [0.25, 0.3) is 11.1 Å². The van der Waals surface area contributed by atoms with Crippen LogP contribution in [0.4, 0.5) is 0 Å². The summed E-state index contributed by atoms with van der Waals surface area (Å²) >= 11 is 6.22. The molecular formula is C14H13ClO. The van der Waals surface area contributed by atoms with E-state index in [4.69, 9.17) is 16.3 Å². The van der Waals surface area contributed by atoms with Gasteiger partial charge < -0.3 is 4.74 Å². The smallest absolute Gasteiger partial charge is 0.119 e. The largest absolute Gasteiger partial charge is 0.497 e. The highest BCUT2D eigenvalue weighted by Crippen LogP contribution is 2.32. The van der Waals surface area contributed by atoms with Crippen LogP contribution < -0.4 is 4.74 Å². The van der Waals surface area contributed by atoms with E-state index in [9.17, 15) is 0 Å². The summed E-state index contributed by atoms with van der Waals surface area (Å²) < 4.78 is 5.21. The summed E-state index contributed by atoms with van der Waals surface area (Å²) in [5.74, 6) is 0.844. The number of methoxy groups -OCH3 is 1. The zero-order valence-electron chi connectivity index (χ0n) is 9.33. The fraction of sp³-hybridized carbons (Fsp3) is 0.143. The molecular weight excluding hydrogens is 220 g/mol. The van der Waals surface area contributed by atoms with Crippen molar-refractivity contribution in [1.29, 1.82) is 0 Å². The number of hydrogen-bond acceptors (Lipinski definition) is 1. The second kappa shape index (κ2) is 4.58. The Balaban J connectivity index is 2.58. The van der Waals surface area contributed by atoms with Crippen molar-refractivity contribution in [1.82, 2.24) is 0 Å². The number of halogens is 1. The maximum absolute atomic E-state index is 6.22. The Morgan fingerprint density at radius 3 is 2.50 bits per heavy atom. The molecule has 0 saturated heterocycles. The monoisotopic (exact) mass is 232 g/mol. The Labute approximate surface area is 101 Å². The van der Waals surface area contributed by atoms with Gasteiger partial charge in [0.05, 0.1) is 7.11 Å². The molecule has 0 saturated carbocycles. The van der Waals surface area contributed by atoms with E-state index in [1.165, 1.54) is 5.56 Å². The molecule has 0 atom stereocenters. The lowest BCUT2D eigenvalue weighted by Gasteiger charge is -2.09. The van der Waals surface area contributed by atoms with Gasteiger partial charge in [-0.3, -0.25) is 0 Å². The standard InChI is InChI=1S/C14H13ClO/c1-10-5-3-8-13(15)14(10)11-6-4-7-12(9-11)16-2/h3-9H,1-2H3. The third-order valence-corrected chi connectivity index (χ3v) is 2.90. The van der Waals surface area contributed by atoms with Crippen molar-refractivity contribution in [3.63, 3.8) is 0 Å². The molecule has 0 aliphatic heterocycles. The minimum absolute atomic E-state index is 0.772. The normalized spacial score (nSPS) is 10.2. The van der Waals surface area contributed by atoms with Gasteiger partial charge in [0.25, 0.3) is 0 Å². The van der Waals surface area contributed by atoms with Gasteiger partial charge in [-0.25, -0.2) is 0 Å². The zero-order chi connectivity index (χ0) is 11.5. The molecule has 0 bridgehead atoms. The van der Waals surface area contributed by atoms with Crippen LogP contribution in [-0.2, 0) is 0 Å². The van der Waals surface area contributed by atoms with E-state index < -0.39 is 0 Å². The summed E-state index contributed by atoms with van der Waals surface area (Å²) in [6.07, 6.45) is 0. The highest BCUT2D eigenvalue weighted by Gasteiger charge is 2.06. The fourth-order valence-corrected chi connectivity index (χ4v) is 2.11. The molecule has 2 heteroatoms. The molecule has 2 rings (SSSR count). The van der Waals surface area contributed by atoms with Gasteiger partial charge in [0, 0.05) is 10.6 Å². The lowest BCUT2D eigenvalue weighted by atomic mass is 10.0. The van der Waals surface area contributed by atoms with E-state index in [1.807, 2.05) is 36.4 Å². The van der Waals surface area contributed by atoms with Crippen molar-refractivity contribution < 1.29 is 4.74 Å². The van der Waals surface area contributed by atoms with Crippen LogP contribution in [0.1, 0.15) is 5.56 Å². The molecule has 0 unspecified atom stereocenters. The lowest BCUT2D eigenvalue weighted by molar-refractivity contribution is 0.415. The van der Waals surface area contributed by atoms with Crippen LogP contribution in [0.5, 0.6) is 5.75 Å². The van der Waals surface area contributed by atoms with Crippen molar-refractivity contribution >= 4 is 11.6 Å². The van der Waals surface area contributed by atoms with Gasteiger partial charge in [-0.2, -0.15) is 0 Å². The molecule has 16 heavy (non-hydrogen) atoms. The van der Waals surface area contributed by atoms with Crippen LogP contribution in [0.15, 0.2) is 42.5 Å². The van der Waals surface area contributed by atoms with Crippen molar-refractivity contribution in [3.05, 3.63) is 53.1 Å². The van der Waals surface area contributed by atoms with E-state index in [2.05, 4.69) is 13.0 Å². The molecule has 0 aliphatic rings. The summed E-state index contributed by atoms with van der Waals surface area (Å²) in [5, 5.41) is 0.772. The van der Waals surface area contributed by atoms with Crippen molar-refractivity contribution in [3.8, 4) is 16.9 Å². The average Bonchev–Trinajstić information content (AvgIpc) is 2.29. The predicted octanol–water partition coefficient (Wildman–Crippen LogP) is 4.32. The molecule has 0 N–H and O–H groups in total. The third-order valence-electron chi connectivity index (χ3n) is 2.58. The van der Waals surface area contributed by atoms with E-state index in [0.717, 1.165) is 21.9 Å². The van der Waals surface area contributed by atoms with Gasteiger partial charge in [-0.1, -0.05) is 35.9 Å². The van der Waals surface area contributed by atoms with Gasteiger partial charge in [0.2, 0.25) is 0 Å². The number of rotatable bonds is 2. The van der Waals surface area contributed by atoms with Gasteiger partial charge >= 0.3 is 0 Å². The van der Waals surface area contributed by atoms with E-state index in [0.29, 0.717) is 0 Å². The van der Waals surface area contributed by atoms with Crippen LogP contribution in [0.2, 0.25) is 5.02 Å². The van der Waals surface area contributed by atoms with Crippen molar-refractivity contribution in [2.24, 2.45) is 0 Å². The molecule has 0 fully saturated rings. The first-order valence-corrected chi connectivity index (χ1v) is 5.49. The Bertz CT molecular complexity index is 486. The molecule has 1 nitrogen and oxygen atoms in total. The van der Waals surface area contributed by atoms with Gasteiger partial charge in [-0.05, 0) is 36.2 Å². The molecule has 0 radical (unpaired) electrons. The summed E-state index contributed by atoms with van der Waals surface area (Å²) in [7, 11) is 1.67. The maximum atomic E-state index is 6.22. The summed E-state index contributed by atoms with van der Waals surface area (Å²) in [5.41, 5.74) is 3.33. The Hall–Kier alpha value is -1.47. The maximum Gasteiger partial charge on any atom is 0.119 e. The van der Waals surface area contributed by atoms with Crippen LogP contribution in [0, 0.1) is 6.92 Å². The van der Waals surface area contributed by atoms with Crippen LogP contribution >= 0.6 is 11.6 Å². The number of benzene rings is 2. The quantitative estimate of drug-likeness (QED) is 0.749. The van der Waals surface area contributed by atoms with E-state index in [1.54, 1.807) is 7.11 Å². The highest BCUT2D eigenvalue weighted by atomic mass is 35.5. The van der Waals surface area contributed by atoms with E-state index in [-0.39, 0.29) is 0 Å². The number of ether oxygens (including phenoxy) is 1. The average molecular weight is 233 g/mol. The van der Waals surface area contributed by atoms with Gasteiger partial charge in [0.1, 0.15) is 5.75 Å². The molecule has 82 valence electrons. The molecule has 2 aromatic rings. The second-order valence-corrected chi connectivity index (χ2v) is 4.07. The molecule has 0 spiro atoms. The number of aryl methyl sites for hydroxylation is 1. The lowest BCUT2D eigenvalue weighted by Crippen LogP contribution is -1.87. The first-order chi connectivity index (χ1) is 7.72. The highest BCUT2D eigenvalue weighted by molar-refractivity contribution is 6.33. The Morgan fingerprint density at radius 1 is 1.06 bits per heavy atom. The summed E-state index contributed by atoms with van der Waals surface area (Å²) in [6, 6.07) is 13.9. The summed E-state index contributed by atoms with van der Waals surface area (Å²) in [6.45, 7) is 2.06. The van der Waals surface area contributed by atoms with Crippen molar-refractivity contribution in [2.45, 2.75) is 6.92 Å². The molecule has 0 aliphatic carbocycles. The van der Waals surface area contributed by atoms with Crippen LogP contribution in [0.3, 0.4) is 0 Å². The number of hydrogen-bond donors (Lipinski definition) is 0. The van der Waals surface area contributed by atoms with Gasteiger partial charge in [0.15, 0.2) is 0 Å². The van der Waals surface area contributed by atoms with Crippen molar-refractivity contribution in [2.75, 3.05) is 7.11 Å². The first-order valence-electron chi connectivity index (χ1n) is 5.12. The second-order valence-electron chi connectivity index (χ2n) is 3.66. The predicted molar refractivity (Wildman–Crippen MR) is 68.2 cm³/mol. The molecule has 0 amide bonds. The zero-order valence-corrected chi connectivity index (χ0v) is 10.1. The minimum atomic E-state index is 0.772.